The number of fused-ring (bicyclic) bond motifs is 1. The summed E-state index contributed by atoms with van der Waals surface area (Å²) in [6.45, 7) is 2.56. The summed E-state index contributed by atoms with van der Waals surface area (Å²) in [5.41, 5.74) is 0. The average molecular weight is 347 g/mol. The minimum atomic E-state index is -3.51. The van der Waals surface area contributed by atoms with Crippen LogP contribution in [0, 0.1) is 0 Å². The first-order valence-electron chi connectivity index (χ1n) is 8.64. The van der Waals surface area contributed by atoms with Crippen LogP contribution in [-0.2, 0) is 10.0 Å². The third kappa shape index (κ3) is 4.32. The van der Waals surface area contributed by atoms with Crippen molar-refractivity contribution in [3.8, 4) is 0 Å². The molecule has 0 bridgehead atoms. The number of hydrogen-bond donors (Lipinski definition) is 2. The van der Waals surface area contributed by atoms with Crippen molar-refractivity contribution in [2.45, 2.75) is 56.0 Å². The molecule has 2 N–H and O–H groups in total. The topological polar surface area (TPSA) is 71.1 Å². The number of rotatable bonds is 6. The fourth-order valence-electron chi connectivity index (χ4n) is 3.25. The fraction of sp³-hybridized carbons (Fsp3) is 0.500. The molecule has 6 heteroatoms. The Morgan fingerprint density at radius 2 is 1.96 bits per heavy atom. The van der Waals surface area contributed by atoms with Gasteiger partial charge in [-0.05, 0) is 43.4 Å². The minimum absolute atomic E-state index is 0.148. The molecule has 1 atom stereocenters. The van der Waals surface area contributed by atoms with Gasteiger partial charge in [0, 0.05) is 36.4 Å². The summed E-state index contributed by atoms with van der Waals surface area (Å²) < 4.78 is 27.9. The molecule has 1 heterocycles. The lowest BCUT2D eigenvalue weighted by atomic mass is 9.95. The summed E-state index contributed by atoms with van der Waals surface area (Å²) in [6, 6.07) is 7.32. The summed E-state index contributed by atoms with van der Waals surface area (Å²) in [6.07, 6.45) is 9.64. The Bertz CT molecular complexity index is 786. The number of hydrogen-bond acceptors (Lipinski definition) is 4. The van der Waals surface area contributed by atoms with Gasteiger partial charge in [0.2, 0.25) is 10.0 Å². The molecule has 1 saturated carbocycles. The van der Waals surface area contributed by atoms with Crippen LogP contribution in [0.15, 0.2) is 41.6 Å². The van der Waals surface area contributed by atoms with Crippen LogP contribution in [-0.4, -0.2) is 32.0 Å². The lowest BCUT2D eigenvalue weighted by molar-refractivity contribution is 0.364. The molecule has 2 aromatic rings. The number of nitrogens with zero attached hydrogens (tertiary/aromatic N) is 1. The van der Waals surface area contributed by atoms with Gasteiger partial charge in [-0.3, -0.25) is 4.98 Å². The zero-order chi connectivity index (χ0) is 17.0. The van der Waals surface area contributed by atoms with Gasteiger partial charge >= 0.3 is 0 Å². The summed E-state index contributed by atoms with van der Waals surface area (Å²) in [5.74, 6) is 0. The van der Waals surface area contributed by atoms with Crippen LogP contribution in [0.3, 0.4) is 0 Å². The minimum Gasteiger partial charge on any atom is -0.312 e. The fourth-order valence-corrected chi connectivity index (χ4v) is 4.53. The molecular formula is C18H25N3O2S. The van der Waals surface area contributed by atoms with E-state index in [0.717, 1.165) is 10.8 Å². The van der Waals surface area contributed by atoms with Crippen molar-refractivity contribution >= 4 is 20.8 Å². The summed E-state index contributed by atoms with van der Waals surface area (Å²) in [7, 11) is -3.51. The summed E-state index contributed by atoms with van der Waals surface area (Å²) >= 11 is 0. The van der Waals surface area contributed by atoms with E-state index in [-0.39, 0.29) is 6.04 Å². The van der Waals surface area contributed by atoms with E-state index >= 15 is 0 Å². The van der Waals surface area contributed by atoms with Crippen LogP contribution in [0.25, 0.3) is 10.8 Å². The molecule has 1 aliphatic rings. The smallest absolute Gasteiger partial charge is 0.240 e. The largest absolute Gasteiger partial charge is 0.312 e. The van der Waals surface area contributed by atoms with E-state index in [0.29, 0.717) is 17.5 Å². The van der Waals surface area contributed by atoms with Crippen molar-refractivity contribution in [3.05, 3.63) is 36.7 Å². The van der Waals surface area contributed by atoms with Crippen LogP contribution < -0.4 is 10.0 Å². The van der Waals surface area contributed by atoms with Crippen molar-refractivity contribution in [3.63, 3.8) is 0 Å². The molecule has 1 aliphatic carbocycles. The molecule has 0 spiro atoms. The molecule has 3 rings (SSSR count). The Morgan fingerprint density at radius 3 is 2.75 bits per heavy atom. The zero-order valence-corrected chi connectivity index (χ0v) is 14.8. The van der Waals surface area contributed by atoms with Gasteiger partial charge in [0.1, 0.15) is 0 Å². The highest BCUT2D eigenvalue weighted by Crippen LogP contribution is 2.19. The Morgan fingerprint density at radius 1 is 1.17 bits per heavy atom. The first kappa shape index (κ1) is 17.3. The number of sulfonamides is 1. The van der Waals surface area contributed by atoms with E-state index < -0.39 is 10.0 Å². The molecule has 0 amide bonds. The first-order valence-corrected chi connectivity index (χ1v) is 10.1. The highest BCUT2D eigenvalue weighted by Gasteiger charge is 2.19. The average Bonchev–Trinajstić information content (AvgIpc) is 2.60. The van der Waals surface area contributed by atoms with Gasteiger partial charge in [-0.25, -0.2) is 13.1 Å². The summed E-state index contributed by atoms with van der Waals surface area (Å²) in [5, 5.41) is 5.30. The summed E-state index contributed by atoms with van der Waals surface area (Å²) in [4.78, 5) is 4.35. The van der Waals surface area contributed by atoms with E-state index in [4.69, 9.17) is 0 Å². The highest BCUT2D eigenvalue weighted by molar-refractivity contribution is 7.89. The third-order valence-corrected chi connectivity index (χ3v) is 6.18. The number of benzene rings is 1. The van der Waals surface area contributed by atoms with Gasteiger partial charge in [-0.1, -0.05) is 25.3 Å². The molecular weight excluding hydrogens is 322 g/mol. The molecule has 0 aliphatic heterocycles. The second-order valence-corrected chi connectivity index (χ2v) is 8.36. The van der Waals surface area contributed by atoms with Crippen molar-refractivity contribution in [2.24, 2.45) is 0 Å². The molecule has 0 radical (unpaired) electrons. The van der Waals surface area contributed by atoms with E-state index in [2.05, 4.69) is 15.0 Å². The SMILES string of the molecule is C[C@H](CNC1CCCCC1)NS(=O)(=O)c1ccc2cnccc2c1. The molecule has 1 fully saturated rings. The maximum absolute atomic E-state index is 12.6. The van der Waals surface area contributed by atoms with E-state index in [1.807, 2.05) is 13.0 Å². The normalized spacial score (nSPS) is 17.9. The van der Waals surface area contributed by atoms with Crippen LogP contribution >= 0.6 is 0 Å². The second kappa shape index (κ2) is 7.59. The van der Waals surface area contributed by atoms with Gasteiger partial charge in [0.25, 0.3) is 0 Å². The molecule has 0 saturated heterocycles. The second-order valence-electron chi connectivity index (χ2n) is 6.65. The van der Waals surface area contributed by atoms with E-state index in [1.54, 1.807) is 30.6 Å². The monoisotopic (exact) mass is 347 g/mol. The van der Waals surface area contributed by atoms with Crippen molar-refractivity contribution in [2.75, 3.05) is 6.54 Å². The quantitative estimate of drug-likeness (QED) is 0.843. The van der Waals surface area contributed by atoms with Crippen LogP contribution in [0.4, 0.5) is 0 Å². The predicted octanol–water partition coefficient (Wildman–Crippen LogP) is 2.82. The van der Waals surface area contributed by atoms with Crippen molar-refractivity contribution < 1.29 is 8.42 Å². The van der Waals surface area contributed by atoms with Gasteiger partial charge in [0.05, 0.1) is 4.90 Å². The number of aromatic nitrogens is 1. The van der Waals surface area contributed by atoms with Gasteiger partial charge in [0.15, 0.2) is 0 Å². The molecule has 0 unspecified atom stereocenters. The first-order chi connectivity index (χ1) is 11.5. The van der Waals surface area contributed by atoms with Gasteiger partial charge in [-0.2, -0.15) is 0 Å². The number of pyridine rings is 1. The van der Waals surface area contributed by atoms with Crippen LogP contribution in [0.5, 0.6) is 0 Å². The Kier molecular flexibility index (Phi) is 5.48. The molecule has 5 nitrogen and oxygen atoms in total. The standard InChI is InChI=1S/C18H25N3O2S/c1-14(12-20-17-5-3-2-4-6-17)21-24(22,23)18-8-7-16-13-19-10-9-15(16)11-18/h7-11,13-14,17,20-21H,2-6,12H2,1H3/t14-/m1/s1. The lowest BCUT2D eigenvalue weighted by Gasteiger charge is -2.25. The van der Waals surface area contributed by atoms with E-state index in [1.165, 1.54) is 32.1 Å². The Balaban J connectivity index is 1.63. The molecule has 24 heavy (non-hydrogen) atoms. The number of nitrogens with one attached hydrogen (secondary N) is 2. The van der Waals surface area contributed by atoms with Crippen molar-refractivity contribution in [1.29, 1.82) is 0 Å². The van der Waals surface area contributed by atoms with Crippen molar-refractivity contribution in [1.82, 2.24) is 15.0 Å². The maximum atomic E-state index is 12.6. The molecule has 1 aromatic heterocycles. The predicted molar refractivity (Wildman–Crippen MR) is 96.4 cm³/mol. The van der Waals surface area contributed by atoms with Crippen LogP contribution in [0.1, 0.15) is 39.0 Å². The molecule has 130 valence electrons. The third-order valence-electron chi connectivity index (χ3n) is 4.60. The van der Waals surface area contributed by atoms with Gasteiger partial charge < -0.3 is 5.32 Å². The lowest BCUT2D eigenvalue weighted by Crippen LogP contribution is -2.43. The highest BCUT2D eigenvalue weighted by atomic mass is 32.2. The zero-order valence-electron chi connectivity index (χ0n) is 14.0. The maximum Gasteiger partial charge on any atom is 0.240 e. The van der Waals surface area contributed by atoms with Crippen LogP contribution in [0.2, 0.25) is 0 Å². The van der Waals surface area contributed by atoms with Gasteiger partial charge in [-0.15, -0.1) is 0 Å². The molecule has 1 aromatic carbocycles. The Hall–Kier alpha value is -1.50. The Labute approximate surface area is 143 Å². The van der Waals surface area contributed by atoms with E-state index in [9.17, 15) is 8.42 Å².